The normalized spacial score (nSPS) is 17.0. The number of benzene rings is 2. The molecule has 0 spiro atoms. The van der Waals surface area contributed by atoms with Crippen LogP contribution in [0, 0.1) is 5.92 Å². The summed E-state index contributed by atoms with van der Waals surface area (Å²) >= 11 is 0. The number of ether oxygens (including phenoxy) is 1. The van der Waals surface area contributed by atoms with Crippen molar-refractivity contribution >= 4 is 5.97 Å². The second-order valence-corrected chi connectivity index (χ2v) is 8.67. The highest BCUT2D eigenvalue weighted by molar-refractivity contribution is 5.90. The maximum absolute atomic E-state index is 12.7. The number of aliphatic hydroxyl groups is 1. The number of hydrogen-bond acceptors (Lipinski definition) is 6. The first kappa shape index (κ1) is 22.0. The number of hydrogen-bond donors (Lipinski definition) is 1. The Labute approximate surface area is 197 Å². The van der Waals surface area contributed by atoms with Crippen molar-refractivity contribution in [1.82, 2.24) is 24.8 Å². The van der Waals surface area contributed by atoms with E-state index in [1.54, 1.807) is 17.8 Å². The first-order chi connectivity index (χ1) is 16.6. The van der Waals surface area contributed by atoms with Crippen LogP contribution in [0.4, 0.5) is 0 Å². The topological polar surface area (TPSA) is 95.1 Å². The van der Waals surface area contributed by atoms with Crippen LogP contribution in [0.3, 0.4) is 0 Å². The summed E-state index contributed by atoms with van der Waals surface area (Å²) in [7, 11) is 1.87. The largest absolute Gasteiger partial charge is 0.462 e. The van der Waals surface area contributed by atoms with Crippen LogP contribution in [0.1, 0.15) is 46.6 Å². The van der Waals surface area contributed by atoms with Crippen LogP contribution in [0.2, 0.25) is 0 Å². The highest BCUT2D eigenvalue weighted by Gasteiger charge is 2.41. The number of aromatic nitrogens is 5. The van der Waals surface area contributed by atoms with Gasteiger partial charge in [0.25, 0.3) is 0 Å². The monoisotopic (exact) mass is 457 g/mol. The summed E-state index contributed by atoms with van der Waals surface area (Å²) in [4.78, 5) is 12.7. The van der Waals surface area contributed by atoms with E-state index in [2.05, 4.69) is 21.5 Å². The Morgan fingerprint density at radius 2 is 1.97 bits per heavy atom. The summed E-state index contributed by atoms with van der Waals surface area (Å²) in [5, 5.41) is 22.4. The highest BCUT2D eigenvalue weighted by Crippen LogP contribution is 2.48. The Balaban J connectivity index is 1.49. The van der Waals surface area contributed by atoms with E-state index >= 15 is 0 Å². The minimum atomic E-state index is -0.354. The zero-order chi connectivity index (χ0) is 23.7. The zero-order valence-corrected chi connectivity index (χ0v) is 19.3. The van der Waals surface area contributed by atoms with E-state index in [-0.39, 0.29) is 12.6 Å². The molecule has 4 aromatic rings. The molecule has 1 unspecified atom stereocenters. The van der Waals surface area contributed by atoms with Crippen molar-refractivity contribution in [3.05, 3.63) is 83.4 Å². The Hall–Kier alpha value is -3.78. The molecule has 0 saturated heterocycles. The average molecular weight is 458 g/mol. The molecule has 0 aliphatic heterocycles. The summed E-state index contributed by atoms with van der Waals surface area (Å²) in [6.45, 7) is 2.11. The number of esters is 1. The minimum Gasteiger partial charge on any atom is -0.462 e. The fraction of sp³-hybridized carbons (Fsp3) is 0.308. The standard InChI is InChI=1S/C26H27N5O3/c1-3-34-26(33)23-14-27-31(25(23)13-20-12-22(20)24-15-30(2)29-28-24)21-9-5-8-19(11-21)18-7-4-6-17(10-18)16-32/h4-11,14-15,20,22,32H,3,12-13,16H2,1-2H3/t20?,22-/m1/s1. The number of aryl methyl sites for hydroxylation is 1. The lowest BCUT2D eigenvalue weighted by Crippen LogP contribution is -2.11. The van der Waals surface area contributed by atoms with E-state index in [4.69, 9.17) is 4.74 Å². The number of carbonyl (C=O) groups is 1. The fourth-order valence-corrected chi connectivity index (χ4v) is 4.46. The van der Waals surface area contributed by atoms with Gasteiger partial charge in [0.2, 0.25) is 0 Å². The first-order valence-electron chi connectivity index (χ1n) is 11.5. The molecular weight excluding hydrogens is 430 g/mol. The molecular formula is C26H27N5O3. The van der Waals surface area contributed by atoms with E-state index in [9.17, 15) is 9.90 Å². The number of rotatable bonds is 8. The molecule has 0 radical (unpaired) electrons. The number of aliphatic hydroxyl groups excluding tert-OH is 1. The fourth-order valence-electron chi connectivity index (χ4n) is 4.46. The molecule has 8 heteroatoms. The Morgan fingerprint density at radius 3 is 2.71 bits per heavy atom. The maximum atomic E-state index is 12.7. The third-order valence-electron chi connectivity index (χ3n) is 6.28. The molecule has 34 heavy (non-hydrogen) atoms. The molecule has 2 atom stereocenters. The van der Waals surface area contributed by atoms with Crippen LogP contribution in [0.15, 0.2) is 60.9 Å². The third-order valence-corrected chi connectivity index (χ3v) is 6.28. The Morgan fingerprint density at radius 1 is 1.18 bits per heavy atom. The van der Waals surface area contributed by atoms with Crippen LogP contribution in [-0.2, 0) is 24.8 Å². The summed E-state index contributed by atoms with van der Waals surface area (Å²) in [6.07, 6.45) is 5.25. The van der Waals surface area contributed by atoms with E-state index in [0.717, 1.165) is 40.2 Å². The van der Waals surface area contributed by atoms with Gasteiger partial charge >= 0.3 is 5.97 Å². The molecule has 8 nitrogen and oxygen atoms in total. The van der Waals surface area contributed by atoms with Crippen molar-refractivity contribution in [2.75, 3.05) is 6.61 Å². The van der Waals surface area contributed by atoms with Gasteiger partial charge in [0.1, 0.15) is 5.56 Å². The van der Waals surface area contributed by atoms with Gasteiger partial charge in [-0.3, -0.25) is 4.68 Å². The molecule has 2 aromatic carbocycles. The second kappa shape index (κ2) is 9.23. The van der Waals surface area contributed by atoms with Crippen molar-refractivity contribution in [1.29, 1.82) is 0 Å². The summed E-state index contributed by atoms with van der Waals surface area (Å²) in [6, 6.07) is 15.9. The highest BCUT2D eigenvalue weighted by atomic mass is 16.5. The molecule has 1 fully saturated rings. The van der Waals surface area contributed by atoms with Crippen molar-refractivity contribution < 1.29 is 14.6 Å². The molecule has 1 aliphatic rings. The van der Waals surface area contributed by atoms with Crippen molar-refractivity contribution in [2.24, 2.45) is 13.0 Å². The predicted octanol–water partition coefficient (Wildman–Crippen LogP) is 3.68. The quantitative estimate of drug-likeness (QED) is 0.406. The van der Waals surface area contributed by atoms with Gasteiger partial charge in [-0.25, -0.2) is 9.48 Å². The Kier molecular flexibility index (Phi) is 5.98. The van der Waals surface area contributed by atoms with E-state index in [1.165, 1.54) is 0 Å². The zero-order valence-electron chi connectivity index (χ0n) is 19.3. The second-order valence-electron chi connectivity index (χ2n) is 8.67. The van der Waals surface area contributed by atoms with Crippen LogP contribution in [-0.4, -0.2) is 42.5 Å². The average Bonchev–Trinajstić information content (AvgIpc) is 3.27. The van der Waals surface area contributed by atoms with E-state index < -0.39 is 0 Å². The van der Waals surface area contributed by atoms with Crippen molar-refractivity contribution in [3.63, 3.8) is 0 Å². The summed E-state index contributed by atoms with van der Waals surface area (Å²) in [5.74, 6) is 0.344. The van der Waals surface area contributed by atoms with Crippen LogP contribution < -0.4 is 0 Å². The maximum Gasteiger partial charge on any atom is 0.341 e. The van der Waals surface area contributed by atoms with E-state index in [1.807, 2.05) is 60.4 Å². The molecule has 0 amide bonds. The predicted molar refractivity (Wildman–Crippen MR) is 126 cm³/mol. The molecule has 2 aromatic heterocycles. The van der Waals surface area contributed by atoms with E-state index in [0.29, 0.717) is 30.4 Å². The minimum absolute atomic E-state index is 0.00587. The number of carbonyl (C=O) groups excluding carboxylic acids is 1. The Bertz CT molecular complexity index is 1330. The van der Waals surface area contributed by atoms with Crippen molar-refractivity contribution in [3.8, 4) is 16.8 Å². The molecule has 1 saturated carbocycles. The number of nitrogens with zero attached hydrogens (tertiary/aromatic N) is 5. The lowest BCUT2D eigenvalue weighted by atomic mass is 10.0. The van der Waals surface area contributed by atoms with Gasteiger partial charge in [-0.05, 0) is 60.6 Å². The lowest BCUT2D eigenvalue weighted by molar-refractivity contribution is 0.0525. The van der Waals surface area contributed by atoms with Crippen LogP contribution >= 0.6 is 0 Å². The molecule has 2 heterocycles. The van der Waals surface area contributed by atoms with Gasteiger partial charge in [0, 0.05) is 19.2 Å². The molecule has 0 bridgehead atoms. The molecule has 1 N–H and O–H groups in total. The molecule has 1 aliphatic carbocycles. The van der Waals surface area contributed by atoms with Crippen molar-refractivity contribution in [2.45, 2.75) is 32.3 Å². The smallest absolute Gasteiger partial charge is 0.341 e. The lowest BCUT2D eigenvalue weighted by Gasteiger charge is -2.12. The molecule has 174 valence electrons. The molecule has 5 rings (SSSR count). The first-order valence-corrected chi connectivity index (χ1v) is 11.5. The summed E-state index contributed by atoms with van der Waals surface area (Å²) in [5.41, 5.74) is 6.08. The van der Waals surface area contributed by atoms with Gasteiger partial charge in [-0.1, -0.05) is 35.5 Å². The van der Waals surface area contributed by atoms with Gasteiger partial charge in [0.05, 0.1) is 36.5 Å². The summed E-state index contributed by atoms with van der Waals surface area (Å²) < 4.78 is 8.88. The van der Waals surface area contributed by atoms with Gasteiger partial charge in [-0.15, -0.1) is 5.10 Å². The third kappa shape index (κ3) is 4.36. The van der Waals surface area contributed by atoms with Gasteiger partial charge in [-0.2, -0.15) is 5.10 Å². The van der Waals surface area contributed by atoms with Gasteiger partial charge in [0.15, 0.2) is 0 Å². The van der Waals surface area contributed by atoms with Crippen LogP contribution in [0.25, 0.3) is 16.8 Å². The SMILES string of the molecule is CCOC(=O)c1cnn(-c2cccc(-c3cccc(CO)c3)c2)c1CC1C[C@H]1c1cn(C)nn1. The van der Waals surface area contributed by atoms with Gasteiger partial charge < -0.3 is 9.84 Å². The van der Waals surface area contributed by atoms with Crippen LogP contribution in [0.5, 0.6) is 0 Å².